The van der Waals surface area contributed by atoms with Gasteiger partial charge < -0.3 is 10.2 Å². The van der Waals surface area contributed by atoms with Crippen LogP contribution >= 0.6 is 0 Å². The van der Waals surface area contributed by atoms with Crippen LogP contribution in [-0.2, 0) is 6.42 Å². The Bertz CT molecular complexity index is 511. The van der Waals surface area contributed by atoms with E-state index in [1.165, 1.54) is 11.3 Å². The Balaban J connectivity index is 2.50. The van der Waals surface area contributed by atoms with Crippen molar-refractivity contribution in [3.63, 3.8) is 0 Å². The molecule has 0 amide bonds. The van der Waals surface area contributed by atoms with Gasteiger partial charge in [0.05, 0.1) is 12.0 Å². The van der Waals surface area contributed by atoms with Crippen molar-refractivity contribution in [1.29, 1.82) is 0 Å². The predicted octanol–water partition coefficient (Wildman–Crippen LogP) is 2.59. The summed E-state index contributed by atoms with van der Waals surface area (Å²) < 4.78 is 7.51. The zero-order chi connectivity index (χ0) is 13.3. The van der Waals surface area contributed by atoms with Gasteiger partial charge in [-0.2, -0.15) is 5.10 Å². The van der Waals surface area contributed by atoms with Crippen LogP contribution in [0.4, 0.5) is 0 Å². The summed E-state index contributed by atoms with van der Waals surface area (Å²) in [5.74, 6) is 0.859. The molecular formula is C14H21N3O. The van der Waals surface area contributed by atoms with E-state index in [0.717, 1.165) is 17.9 Å². The van der Waals surface area contributed by atoms with Crippen LogP contribution in [0.15, 0.2) is 22.8 Å². The zero-order valence-corrected chi connectivity index (χ0v) is 11.5. The highest BCUT2D eigenvalue weighted by Gasteiger charge is 2.25. The maximum Gasteiger partial charge on any atom is 0.129 e. The number of rotatable bonds is 4. The van der Waals surface area contributed by atoms with Crippen LogP contribution in [0.25, 0.3) is 0 Å². The fourth-order valence-corrected chi connectivity index (χ4v) is 2.54. The number of aromatic nitrogens is 2. The lowest BCUT2D eigenvalue weighted by Gasteiger charge is -2.21. The SMILES string of the molecule is CCc1c(C)nn(C(c2ccco2)C(C)N)c1C. The second kappa shape index (κ2) is 4.98. The van der Waals surface area contributed by atoms with Gasteiger partial charge in [-0.15, -0.1) is 0 Å². The molecule has 0 aromatic carbocycles. The molecule has 18 heavy (non-hydrogen) atoms. The lowest BCUT2D eigenvalue weighted by atomic mass is 10.1. The molecule has 2 N–H and O–H groups in total. The van der Waals surface area contributed by atoms with Crippen LogP contribution in [-0.4, -0.2) is 15.8 Å². The minimum Gasteiger partial charge on any atom is -0.467 e. The van der Waals surface area contributed by atoms with E-state index in [4.69, 9.17) is 10.2 Å². The molecule has 0 aliphatic heterocycles. The first-order valence-electron chi connectivity index (χ1n) is 6.39. The molecule has 0 fully saturated rings. The molecule has 0 radical (unpaired) electrons. The van der Waals surface area contributed by atoms with Gasteiger partial charge in [0, 0.05) is 11.7 Å². The number of furan rings is 1. The Labute approximate surface area is 108 Å². The Morgan fingerprint density at radius 3 is 2.61 bits per heavy atom. The van der Waals surface area contributed by atoms with Gasteiger partial charge in [-0.25, -0.2) is 0 Å². The normalized spacial score (nSPS) is 14.7. The summed E-state index contributed by atoms with van der Waals surface area (Å²) in [7, 11) is 0. The van der Waals surface area contributed by atoms with Crippen molar-refractivity contribution in [1.82, 2.24) is 9.78 Å². The fraction of sp³-hybridized carbons (Fsp3) is 0.500. The molecule has 2 aromatic rings. The largest absolute Gasteiger partial charge is 0.467 e. The van der Waals surface area contributed by atoms with Gasteiger partial charge in [0.25, 0.3) is 0 Å². The van der Waals surface area contributed by atoms with Crippen molar-refractivity contribution in [2.24, 2.45) is 5.73 Å². The lowest BCUT2D eigenvalue weighted by molar-refractivity contribution is 0.362. The van der Waals surface area contributed by atoms with Gasteiger partial charge in [0.2, 0.25) is 0 Å². The van der Waals surface area contributed by atoms with E-state index in [1.807, 2.05) is 30.7 Å². The van der Waals surface area contributed by atoms with Crippen molar-refractivity contribution in [2.75, 3.05) is 0 Å². The maximum absolute atomic E-state index is 6.11. The third kappa shape index (κ3) is 2.08. The average Bonchev–Trinajstić information content (AvgIpc) is 2.89. The molecule has 0 aliphatic carbocycles. The van der Waals surface area contributed by atoms with Crippen molar-refractivity contribution in [3.8, 4) is 0 Å². The Morgan fingerprint density at radius 2 is 2.17 bits per heavy atom. The third-order valence-corrected chi connectivity index (χ3v) is 3.42. The second-order valence-corrected chi connectivity index (χ2v) is 4.77. The number of nitrogens with zero attached hydrogens (tertiary/aromatic N) is 2. The molecule has 0 saturated carbocycles. The van der Waals surface area contributed by atoms with E-state index in [1.54, 1.807) is 6.26 Å². The van der Waals surface area contributed by atoms with Gasteiger partial charge in [0.15, 0.2) is 0 Å². The van der Waals surface area contributed by atoms with Crippen molar-refractivity contribution in [3.05, 3.63) is 41.1 Å². The summed E-state index contributed by atoms with van der Waals surface area (Å²) in [6.07, 6.45) is 2.67. The standard InChI is InChI=1S/C14H21N3O/c1-5-12-10(3)16-17(11(12)4)14(9(2)15)13-7-6-8-18-13/h6-9,14H,5,15H2,1-4H3. The minimum absolute atomic E-state index is 0.0426. The molecule has 98 valence electrons. The summed E-state index contributed by atoms with van der Waals surface area (Å²) in [5.41, 5.74) is 9.66. The first kappa shape index (κ1) is 12.9. The van der Waals surface area contributed by atoms with Gasteiger partial charge in [-0.05, 0) is 44.9 Å². The molecule has 0 bridgehead atoms. The van der Waals surface area contributed by atoms with Crippen LogP contribution in [0.1, 0.15) is 42.6 Å². The number of nitrogens with two attached hydrogens (primary N) is 1. The highest BCUT2D eigenvalue weighted by molar-refractivity contribution is 5.26. The van der Waals surface area contributed by atoms with Crippen LogP contribution in [0.3, 0.4) is 0 Å². The molecule has 0 saturated heterocycles. The van der Waals surface area contributed by atoms with Gasteiger partial charge in [-0.3, -0.25) is 4.68 Å². The van der Waals surface area contributed by atoms with Gasteiger partial charge >= 0.3 is 0 Å². The minimum atomic E-state index is -0.0566. The van der Waals surface area contributed by atoms with Crippen molar-refractivity contribution < 1.29 is 4.42 Å². The van der Waals surface area contributed by atoms with E-state index < -0.39 is 0 Å². The fourth-order valence-electron chi connectivity index (χ4n) is 2.54. The Hall–Kier alpha value is -1.55. The quantitative estimate of drug-likeness (QED) is 0.903. The van der Waals surface area contributed by atoms with E-state index >= 15 is 0 Å². The molecule has 2 aromatic heterocycles. The van der Waals surface area contributed by atoms with Gasteiger partial charge in [-0.1, -0.05) is 6.92 Å². The van der Waals surface area contributed by atoms with E-state index in [2.05, 4.69) is 18.9 Å². The number of hydrogen-bond donors (Lipinski definition) is 1. The van der Waals surface area contributed by atoms with E-state index in [0.29, 0.717) is 0 Å². The molecule has 2 atom stereocenters. The highest BCUT2D eigenvalue weighted by atomic mass is 16.3. The van der Waals surface area contributed by atoms with Crippen LogP contribution in [0.5, 0.6) is 0 Å². The molecule has 4 heteroatoms. The lowest BCUT2D eigenvalue weighted by Crippen LogP contribution is -2.31. The predicted molar refractivity (Wildman–Crippen MR) is 71.6 cm³/mol. The molecule has 2 unspecified atom stereocenters. The average molecular weight is 247 g/mol. The topological polar surface area (TPSA) is 57.0 Å². The molecule has 0 aliphatic rings. The number of hydrogen-bond acceptors (Lipinski definition) is 3. The van der Waals surface area contributed by atoms with Gasteiger partial charge in [0.1, 0.15) is 11.8 Å². The van der Waals surface area contributed by atoms with Crippen LogP contribution < -0.4 is 5.73 Å². The Morgan fingerprint density at radius 1 is 1.44 bits per heavy atom. The molecular weight excluding hydrogens is 226 g/mol. The molecule has 2 heterocycles. The smallest absolute Gasteiger partial charge is 0.129 e. The molecule has 2 rings (SSSR count). The second-order valence-electron chi connectivity index (χ2n) is 4.77. The van der Waals surface area contributed by atoms with E-state index in [-0.39, 0.29) is 12.1 Å². The summed E-state index contributed by atoms with van der Waals surface area (Å²) >= 11 is 0. The first-order valence-corrected chi connectivity index (χ1v) is 6.39. The third-order valence-electron chi connectivity index (χ3n) is 3.42. The summed E-state index contributed by atoms with van der Waals surface area (Å²) in [5, 5.41) is 4.64. The maximum atomic E-state index is 6.11. The monoisotopic (exact) mass is 247 g/mol. The molecule has 4 nitrogen and oxygen atoms in total. The van der Waals surface area contributed by atoms with Crippen molar-refractivity contribution >= 4 is 0 Å². The first-order chi connectivity index (χ1) is 8.56. The molecule has 0 spiro atoms. The summed E-state index contributed by atoms with van der Waals surface area (Å²) in [6.45, 7) is 8.27. The van der Waals surface area contributed by atoms with Crippen molar-refractivity contribution in [2.45, 2.75) is 46.2 Å². The highest BCUT2D eigenvalue weighted by Crippen LogP contribution is 2.25. The summed E-state index contributed by atoms with van der Waals surface area (Å²) in [4.78, 5) is 0. The Kier molecular flexibility index (Phi) is 3.57. The van der Waals surface area contributed by atoms with Crippen LogP contribution in [0.2, 0.25) is 0 Å². The summed E-state index contributed by atoms with van der Waals surface area (Å²) in [6, 6.07) is 3.74. The number of aryl methyl sites for hydroxylation is 1. The van der Waals surface area contributed by atoms with E-state index in [9.17, 15) is 0 Å². The zero-order valence-electron chi connectivity index (χ0n) is 11.5. The van der Waals surface area contributed by atoms with Crippen LogP contribution in [0, 0.1) is 13.8 Å².